The van der Waals surface area contributed by atoms with Crippen LogP contribution in [0.1, 0.15) is 13.8 Å². The molecule has 0 radical (unpaired) electrons. The van der Waals surface area contributed by atoms with E-state index in [2.05, 4.69) is 10.4 Å². The van der Waals surface area contributed by atoms with Gasteiger partial charge in [-0.3, -0.25) is 14.3 Å². The van der Waals surface area contributed by atoms with Gasteiger partial charge in [-0.1, -0.05) is 26.0 Å². The third-order valence-electron chi connectivity index (χ3n) is 5.68. The first-order chi connectivity index (χ1) is 16.0. The number of aryl methyl sites for hydroxylation is 1. The van der Waals surface area contributed by atoms with Gasteiger partial charge in [-0.2, -0.15) is 18.3 Å². The van der Waals surface area contributed by atoms with Crippen molar-refractivity contribution in [2.45, 2.75) is 32.6 Å². The van der Waals surface area contributed by atoms with E-state index in [1.165, 1.54) is 20.0 Å². The Morgan fingerprint density at radius 1 is 1.12 bits per heavy atom. The number of pyridine rings is 1. The van der Waals surface area contributed by atoms with E-state index in [4.69, 9.17) is 0 Å². The van der Waals surface area contributed by atoms with Crippen LogP contribution in [0.4, 0.5) is 24.5 Å². The summed E-state index contributed by atoms with van der Waals surface area (Å²) in [7, 11) is 1.84. The highest BCUT2D eigenvalue weighted by molar-refractivity contribution is 5.95. The molecule has 178 valence electrons. The lowest BCUT2D eigenvalue weighted by Gasteiger charge is -2.25. The predicted molar refractivity (Wildman–Crippen MR) is 125 cm³/mol. The van der Waals surface area contributed by atoms with E-state index in [1.807, 2.05) is 30.6 Å². The number of amides is 1. The number of hydrogen-bond acceptors (Lipinski definition) is 4. The molecule has 0 aliphatic heterocycles. The van der Waals surface area contributed by atoms with Crippen molar-refractivity contribution in [2.75, 3.05) is 5.32 Å². The van der Waals surface area contributed by atoms with Gasteiger partial charge < -0.3 is 15.2 Å². The van der Waals surface area contributed by atoms with Crippen molar-refractivity contribution in [3.8, 4) is 0 Å². The standard InChI is InChI=1S/C24H24F3N5O2/c1-14(2)22(24(25,26)27)30-20(33)13-32-10-9-15-5-4-6-18(21(15)23(32)34)29-17-7-8-19-16(11-17)12-28-31(19)3/h4-12,14,22,29H,13H2,1-3H3,(H,30,33). The minimum Gasteiger partial charge on any atom is -0.355 e. The maximum Gasteiger partial charge on any atom is 0.408 e. The molecule has 4 aromatic rings. The van der Waals surface area contributed by atoms with Crippen LogP contribution in [-0.2, 0) is 18.4 Å². The molecule has 0 aliphatic rings. The van der Waals surface area contributed by atoms with Crippen LogP contribution in [0.5, 0.6) is 0 Å². The molecule has 0 saturated carbocycles. The average Bonchev–Trinajstić information content (AvgIpc) is 3.13. The molecule has 10 heteroatoms. The molecule has 0 fully saturated rings. The summed E-state index contributed by atoms with van der Waals surface area (Å²) in [5.74, 6) is -1.73. The van der Waals surface area contributed by atoms with Gasteiger partial charge in [0.2, 0.25) is 5.91 Å². The summed E-state index contributed by atoms with van der Waals surface area (Å²) in [6, 6.07) is 10.6. The number of carbonyl (C=O) groups is 1. The van der Waals surface area contributed by atoms with Gasteiger partial charge in [0.15, 0.2) is 0 Å². The van der Waals surface area contributed by atoms with Gasteiger partial charge in [0.1, 0.15) is 12.6 Å². The summed E-state index contributed by atoms with van der Waals surface area (Å²) >= 11 is 0. The first-order valence-corrected chi connectivity index (χ1v) is 10.7. The maximum absolute atomic E-state index is 13.2. The van der Waals surface area contributed by atoms with E-state index < -0.39 is 36.1 Å². The van der Waals surface area contributed by atoms with E-state index >= 15 is 0 Å². The molecule has 4 rings (SSSR count). The Hall–Kier alpha value is -3.82. The topological polar surface area (TPSA) is 81.0 Å². The van der Waals surface area contributed by atoms with Crippen LogP contribution in [0.3, 0.4) is 0 Å². The fourth-order valence-corrected chi connectivity index (χ4v) is 3.96. The molecule has 2 aromatic carbocycles. The summed E-state index contributed by atoms with van der Waals surface area (Å²) in [5, 5.41) is 11.4. The summed E-state index contributed by atoms with van der Waals surface area (Å²) < 4.78 is 42.5. The molecule has 34 heavy (non-hydrogen) atoms. The lowest BCUT2D eigenvalue weighted by atomic mass is 10.0. The Kier molecular flexibility index (Phi) is 6.07. The zero-order valence-electron chi connectivity index (χ0n) is 18.8. The van der Waals surface area contributed by atoms with Crippen molar-refractivity contribution in [1.29, 1.82) is 0 Å². The van der Waals surface area contributed by atoms with Gasteiger partial charge in [0.25, 0.3) is 5.56 Å². The molecule has 2 aromatic heterocycles. The lowest BCUT2D eigenvalue weighted by Crippen LogP contribution is -2.50. The number of aromatic nitrogens is 3. The Balaban J connectivity index is 1.64. The van der Waals surface area contributed by atoms with Crippen LogP contribution in [0.15, 0.2) is 59.7 Å². The highest BCUT2D eigenvalue weighted by Gasteiger charge is 2.42. The molecule has 2 heterocycles. The number of hydrogen-bond donors (Lipinski definition) is 2. The number of rotatable bonds is 6. The number of alkyl halides is 3. The quantitative estimate of drug-likeness (QED) is 0.439. The van der Waals surface area contributed by atoms with E-state index in [1.54, 1.807) is 35.1 Å². The fraction of sp³-hybridized carbons (Fsp3) is 0.292. The second-order valence-electron chi connectivity index (χ2n) is 8.52. The third kappa shape index (κ3) is 4.61. The minimum absolute atomic E-state index is 0.334. The van der Waals surface area contributed by atoms with Gasteiger partial charge in [0.05, 0.1) is 22.8 Å². The second-order valence-corrected chi connectivity index (χ2v) is 8.52. The third-order valence-corrected chi connectivity index (χ3v) is 5.68. The van der Waals surface area contributed by atoms with E-state index in [0.29, 0.717) is 16.5 Å². The van der Waals surface area contributed by atoms with Crippen LogP contribution in [0, 0.1) is 5.92 Å². The zero-order valence-corrected chi connectivity index (χ0v) is 18.8. The molecule has 0 bridgehead atoms. The van der Waals surface area contributed by atoms with Gasteiger partial charge in [-0.15, -0.1) is 0 Å². The van der Waals surface area contributed by atoms with Crippen LogP contribution >= 0.6 is 0 Å². The van der Waals surface area contributed by atoms with Crippen LogP contribution in [0.25, 0.3) is 21.7 Å². The summed E-state index contributed by atoms with van der Waals surface area (Å²) in [6.07, 6.45) is -1.43. The van der Waals surface area contributed by atoms with Crippen molar-refractivity contribution >= 4 is 39.0 Å². The molecule has 0 spiro atoms. The molecule has 1 amide bonds. The van der Waals surface area contributed by atoms with Gasteiger partial charge in [0, 0.05) is 24.3 Å². The van der Waals surface area contributed by atoms with Crippen molar-refractivity contribution in [3.05, 3.63) is 65.2 Å². The highest BCUT2D eigenvalue weighted by atomic mass is 19.4. The molecule has 1 unspecified atom stereocenters. The largest absolute Gasteiger partial charge is 0.408 e. The molecule has 2 N–H and O–H groups in total. The number of anilines is 2. The fourth-order valence-electron chi connectivity index (χ4n) is 3.96. The van der Waals surface area contributed by atoms with Gasteiger partial charge in [-0.05, 0) is 41.6 Å². The Morgan fingerprint density at radius 3 is 2.59 bits per heavy atom. The first kappa shape index (κ1) is 23.3. The van der Waals surface area contributed by atoms with Crippen molar-refractivity contribution < 1.29 is 18.0 Å². The van der Waals surface area contributed by atoms with Crippen molar-refractivity contribution in [3.63, 3.8) is 0 Å². The SMILES string of the molecule is CC(C)C(NC(=O)Cn1ccc2cccc(Nc3ccc4c(cnn4C)c3)c2c1=O)C(F)(F)F. The van der Waals surface area contributed by atoms with E-state index in [-0.39, 0.29) is 0 Å². The van der Waals surface area contributed by atoms with Crippen LogP contribution < -0.4 is 16.2 Å². The number of nitrogens with zero attached hydrogens (tertiary/aromatic N) is 3. The normalized spacial score (nSPS) is 12.9. The summed E-state index contributed by atoms with van der Waals surface area (Å²) in [6.45, 7) is 2.23. The molecule has 0 aliphatic carbocycles. The predicted octanol–water partition coefficient (Wildman–Crippen LogP) is 4.33. The monoisotopic (exact) mass is 471 g/mol. The number of halogens is 3. The summed E-state index contributed by atoms with van der Waals surface area (Å²) in [4.78, 5) is 25.6. The smallest absolute Gasteiger partial charge is 0.355 e. The van der Waals surface area contributed by atoms with E-state index in [9.17, 15) is 22.8 Å². The lowest BCUT2D eigenvalue weighted by molar-refractivity contribution is -0.170. The number of nitrogens with one attached hydrogen (secondary N) is 2. The average molecular weight is 471 g/mol. The maximum atomic E-state index is 13.2. The van der Waals surface area contributed by atoms with Crippen LogP contribution in [0.2, 0.25) is 0 Å². The minimum atomic E-state index is -4.58. The van der Waals surface area contributed by atoms with Crippen molar-refractivity contribution in [2.24, 2.45) is 13.0 Å². The Bertz CT molecular complexity index is 1420. The Labute approximate surface area is 193 Å². The zero-order chi connectivity index (χ0) is 24.6. The number of benzene rings is 2. The molecular weight excluding hydrogens is 447 g/mol. The molecule has 7 nitrogen and oxygen atoms in total. The highest BCUT2D eigenvalue weighted by Crippen LogP contribution is 2.27. The second kappa shape index (κ2) is 8.85. The van der Waals surface area contributed by atoms with Gasteiger partial charge >= 0.3 is 6.18 Å². The molecule has 0 saturated heterocycles. The van der Waals surface area contributed by atoms with Crippen LogP contribution in [-0.4, -0.2) is 32.5 Å². The van der Waals surface area contributed by atoms with Gasteiger partial charge in [-0.25, -0.2) is 0 Å². The first-order valence-electron chi connectivity index (χ1n) is 10.7. The Morgan fingerprint density at radius 2 is 1.88 bits per heavy atom. The molecular formula is C24H24F3N5O2. The van der Waals surface area contributed by atoms with E-state index in [0.717, 1.165) is 21.2 Å². The van der Waals surface area contributed by atoms with Crippen molar-refractivity contribution in [1.82, 2.24) is 19.7 Å². The molecule has 1 atom stereocenters. The number of carbonyl (C=O) groups excluding carboxylic acids is 1. The number of fused-ring (bicyclic) bond motifs is 2. The summed E-state index contributed by atoms with van der Waals surface area (Å²) in [5.41, 5.74) is 1.74.